The third-order valence-electron chi connectivity index (χ3n) is 7.16. The van der Waals surface area contributed by atoms with Crippen LogP contribution in [0.15, 0.2) is 72.1 Å². The van der Waals surface area contributed by atoms with Crippen molar-refractivity contribution in [1.82, 2.24) is 39.6 Å². The van der Waals surface area contributed by atoms with Gasteiger partial charge in [-0.3, -0.25) is 9.13 Å². The van der Waals surface area contributed by atoms with Crippen LogP contribution in [0.5, 0.6) is 0 Å². The molecule has 1 aromatic carbocycles. The van der Waals surface area contributed by atoms with Crippen LogP contribution in [0, 0.1) is 0 Å². The molecule has 5 rings (SSSR count). The Bertz CT molecular complexity index is 1470. The molecule has 9 heteroatoms. The molecule has 0 bridgehead atoms. The van der Waals surface area contributed by atoms with Crippen molar-refractivity contribution in [2.45, 2.75) is 57.9 Å². The SMILES string of the molecule is CCCCc1cn(-c2c(C(C)C)ccn2C)c(=O)n1CC1(c2cccc(-c3nnn[nH]3)c2)C=CNC=C1. The van der Waals surface area contributed by atoms with Gasteiger partial charge in [0.2, 0.25) is 0 Å². The van der Waals surface area contributed by atoms with Crippen LogP contribution >= 0.6 is 0 Å². The normalized spacial score (nSPS) is 14.4. The predicted molar refractivity (Wildman–Crippen MR) is 144 cm³/mol. The number of aromatic nitrogens is 7. The number of aromatic amines is 1. The number of nitrogens with zero attached hydrogens (tertiary/aromatic N) is 6. The third-order valence-corrected chi connectivity index (χ3v) is 7.16. The fraction of sp³-hybridized carbons (Fsp3) is 0.357. The highest BCUT2D eigenvalue weighted by molar-refractivity contribution is 5.57. The van der Waals surface area contributed by atoms with Gasteiger partial charge in [-0.15, -0.1) is 5.10 Å². The van der Waals surface area contributed by atoms with Crippen molar-refractivity contribution in [2.75, 3.05) is 0 Å². The van der Waals surface area contributed by atoms with Crippen LogP contribution in [0.25, 0.3) is 17.2 Å². The van der Waals surface area contributed by atoms with Gasteiger partial charge in [-0.1, -0.05) is 57.5 Å². The van der Waals surface area contributed by atoms with Gasteiger partial charge in [0.05, 0.1) is 5.41 Å². The van der Waals surface area contributed by atoms with Gasteiger partial charge in [0.25, 0.3) is 0 Å². The van der Waals surface area contributed by atoms with Crippen LogP contribution in [0.3, 0.4) is 0 Å². The van der Waals surface area contributed by atoms with Crippen molar-refractivity contribution in [1.29, 1.82) is 0 Å². The Hall–Kier alpha value is -4.14. The Morgan fingerprint density at radius 3 is 2.65 bits per heavy atom. The van der Waals surface area contributed by atoms with Crippen LogP contribution in [-0.4, -0.2) is 34.3 Å². The minimum absolute atomic E-state index is 0.0231. The molecular weight excluding hydrogens is 464 g/mol. The number of tetrazole rings is 1. The molecule has 4 aromatic rings. The standard InChI is InChI=1S/C28H34N8O/c1-5-6-10-23-18-35(26-24(20(2)3)11-16-34(26)4)27(37)36(23)19-28(12-14-29-15-13-28)22-9-7-8-21(17-22)25-30-32-33-31-25/h7-9,11-18,20,29H,5-6,10,19H2,1-4H3,(H,30,31,32,33). The first-order chi connectivity index (χ1) is 17.9. The minimum atomic E-state index is -0.527. The topological polar surface area (TPSA) is 98.3 Å². The van der Waals surface area contributed by atoms with Gasteiger partial charge >= 0.3 is 5.69 Å². The number of allylic oxidation sites excluding steroid dienone is 2. The number of nitrogens with one attached hydrogen (secondary N) is 2. The number of rotatable bonds is 9. The smallest absolute Gasteiger partial charge is 0.334 e. The first kappa shape index (κ1) is 24.5. The van der Waals surface area contributed by atoms with Crippen LogP contribution in [-0.2, 0) is 25.4 Å². The first-order valence-electron chi connectivity index (χ1n) is 12.9. The molecule has 37 heavy (non-hydrogen) atoms. The molecule has 0 unspecified atom stereocenters. The second kappa shape index (κ2) is 10.1. The number of hydrogen-bond donors (Lipinski definition) is 2. The van der Waals surface area contributed by atoms with E-state index in [1.165, 1.54) is 0 Å². The van der Waals surface area contributed by atoms with Gasteiger partial charge in [-0.25, -0.2) is 9.89 Å². The number of aryl methyl sites for hydroxylation is 2. The largest absolute Gasteiger partial charge is 0.368 e. The van der Waals surface area contributed by atoms with Crippen molar-refractivity contribution in [2.24, 2.45) is 7.05 Å². The summed E-state index contributed by atoms with van der Waals surface area (Å²) < 4.78 is 5.83. The number of benzene rings is 1. The molecule has 0 saturated carbocycles. The zero-order valence-corrected chi connectivity index (χ0v) is 21.8. The molecule has 0 spiro atoms. The summed E-state index contributed by atoms with van der Waals surface area (Å²) >= 11 is 0. The Balaban J connectivity index is 1.64. The zero-order valence-electron chi connectivity index (χ0n) is 21.8. The average molecular weight is 499 g/mol. The number of H-pyrrole nitrogens is 1. The summed E-state index contributed by atoms with van der Waals surface area (Å²) in [6.07, 6.45) is 15.1. The fourth-order valence-corrected chi connectivity index (χ4v) is 5.10. The van der Waals surface area contributed by atoms with Crippen molar-refractivity contribution in [3.8, 4) is 17.2 Å². The van der Waals surface area contributed by atoms with Crippen LogP contribution in [0.1, 0.15) is 56.4 Å². The second-order valence-corrected chi connectivity index (χ2v) is 10.0. The summed E-state index contributed by atoms with van der Waals surface area (Å²) in [5.74, 6) is 1.85. The minimum Gasteiger partial charge on any atom is -0.368 e. The summed E-state index contributed by atoms with van der Waals surface area (Å²) in [5, 5.41) is 17.5. The molecule has 9 nitrogen and oxygen atoms in total. The Morgan fingerprint density at radius 2 is 1.95 bits per heavy atom. The molecule has 0 amide bonds. The van der Waals surface area contributed by atoms with Gasteiger partial charge in [-0.05, 0) is 64.8 Å². The summed E-state index contributed by atoms with van der Waals surface area (Å²) in [4.78, 5) is 14.1. The lowest BCUT2D eigenvalue weighted by molar-refractivity contribution is 0.495. The van der Waals surface area contributed by atoms with Crippen molar-refractivity contribution in [3.05, 3.63) is 94.6 Å². The van der Waals surface area contributed by atoms with E-state index in [0.29, 0.717) is 18.3 Å². The molecule has 0 fully saturated rings. The van der Waals surface area contributed by atoms with Crippen LogP contribution < -0.4 is 11.0 Å². The van der Waals surface area contributed by atoms with E-state index < -0.39 is 5.41 Å². The first-order valence-corrected chi connectivity index (χ1v) is 12.9. The molecule has 1 aliphatic rings. The van der Waals surface area contributed by atoms with Gasteiger partial charge < -0.3 is 9.88 Å². The van der Waals surface area contributed by atoms with Gasteiger partial charge in [-0.2, -0.15) is 0 Å². The summed E-state index contributed by atoms with van der Waals surface area (Å²) in [7, 11) is 2.00. The Kier molecular flexibility index (Phi) is 6.69. The van der Waals surface area contributed by atoms with Crippen LogP contribution in [0.2, 0.25) is 0 Å². The van der Waals surface area contributed by atoms with E-state index in [9.17, 15) is 4.79 Å². The van der Waals surface area contributed by atoms with E-state index in [-0.39, 0.29) is 5.69 Å². The fourth-order valence-electron chi connectivity index (χ4n) is 5.10. The molecule has 0 atom stereocenters. The van der Waals surface area contributed by atoms with E-state index in [0.717, 1.165) is 47.5 Å². The Labute approximate surface area is 216 Å². The maximum atomic E-state index is 14.1. The number of hydrogen-bond acceptors (Lipinski definition) is 5. The van der Waals surface area contributed by atoms with Gasteiger partial charge in [0.1, 0.15) is 5.82 Å². The second-order valence-electron chi connectivity index (χ2n) is 10.0. The lowest BCUT2D eigenvalue weighted by Crippen LogP contribution is -2.36. The van der Waals surface area contributed by atoms with Crippen LogP contribution in [0.4, 0.5) is 0 Å². The number of dihydropyridines is 1. The molecule has 0 aliphatic carbocycles. The highest BCUT2D eigenvalue weighted by Gasteiger charge is 2.32. The molecule has 4 heterocycles. The third kappa shape index (κ3) is 4.57. The average Bonchev–Trinajstić information content (AvgIpc) is 3.64. The monoisotopic (exact) mass is 498 g/mol. The molecule has 3 aromatic heterocycles. The van der Waals surface area contributed by atoms with Gasteiger partial charge in [0.15, 0.2) is 5.82 Å². The summed E-state index contributed by atoms with van der Waals surface area (Å²) in [6, 6.07) is 10.3. The van der Waals surface area contributed by atoms with Gasteiger partial charge in [0, 0.05) is 37.2 Å². The number of unbranched alkanes of at least 4 members (excludes halogenated alkanes) is 1. The summed E-state index contributed by atoms with van der Waals surface area (Å²) in [5.41, 5.74) is 3.60. The van der Waals surface area contributed by atoms with E-state index in [1.54, 1.807) is 0 Å². The molecule has 192 valence electrons. The zero-order chi connectivity index (χ0) is 26.0. The maximum Gasteiger partial charge on any atom is 0.334 e. The van der Waals surface area contributed by atoms with E-state index >= 15 is 0 Å². The highest BCUT2D eigenvalue weighted by Crippen LogP contribution is 2.34. The number of imidazole rings is 1. The van der Waals surface area contributed by atoms with E-state index in [2.05, 4.69) is 77.1 Å². The maximum absolute atomic E-state index is 14.1. The lowest BCUT2D eigenvalue weighted by Gasteiger charge is -2.31. The molecule has 0 radical (unpaired) electrons. The van der Waals surface area contributed by atoms with E-state index in [4.69, 9.17) is 0 Å². The molecule has 2 N–H and O–H groups in total. The quantitative estimate of drug-likeness (QED) is 0.361. The lowest BCUT2D eigenvalue weighted by atomic mass is 9.78. The Morgan fingerprint density at radius 1 is 1.14 bits per heavy atom. The van der Waals surface area contributed by atoms with Crippen molar-refractivity contribution >= 4 is 0 Å². The highest BCUT2D eigenvalue weighted by atomic mass is 16.1. The van der Waals surface area contributed by atoms with Crippen molar-refractivity contribution < 1.29 is 0 Å². The molecular formula is C28H34N8O. The predicted octanol–water partition coefficient (Wildman–Crippen LogP) is 4.19. The van der Waals surface area contributed by atoms with E-state index in [1.807, 2.05) is 57.7 Å². The summed E-state index contributed by atoms with van der Waals surface area (Å²) in [6.45, 7) is 6.98. The van der Waals surface area contributed by atoms with Crippen molar-refractivity contribution in [3.63, 3.8) is 0 Å². The molecule has 0 saturated heterocycles. The molecule has 1 aliphatic heterocycles.